The average Bonchev–Trinajstić information content (AvgIpc) is 1.78. The van der Waals surface area contributed by atoms with E-state index in [0.717, 1.165) is 0 Å². The van der Waals surface area contributed by atoms with Crippen molar-refractivity contribution in [3.8, 4) is 0 Å². The van der Waals surface area contributed by atoms with Gasteiger partial charge in [0.25, 0.3) is 0 Å². The molecule has 1 heteroatoms. The van der Waals surface area contributed by atoms with Gasteiger partial charge in [-0.25, -0.2) is 0 Å². The van der Waals surface area contributed by atoms with Crippen molar-refractivity contribution in [1.82, 2.24) is 0 Å². The van der Waals surface area contributed by atoms with Gasteiger partial charge in [0, 0.05) is 0 Å². The van der Waals surface area contributed by atoms with Gasteiger partial charge in [-0.05, 0) is 14.0 Å². The summed E-state index contributed by atoms with van der Waals surface area (Å²) in [5, 5.41) is 0. The molecule has 0 rings (SSSR count). The molecule has 44 valence electrons. The Labute approximate surface area is 46.5 Å². The van der Waals surface area contributed by atoms with E-state index < -0.39 is 0 Å². The minimum absolute atomic E-state index is 1.50. The summed E-state index contributed by atoms with van der Waals surface area (Å²) in [4.78, 5) is 0. The molecule has 0 aromatic rings. The van der Waals surface area contributed by atoms with Crippen LogP contribution in [0.25, 0.3) is 0 Å². The van der Waals surface area contributed by atoms with Crippen LogP contribution in [0, 0.1) is 0 Å². The molecule has 0 saturated carbocycles. The summed E-state index contributed by atoms with van der Waals surface area (Å²) in [5.74, 6) is 0. The lowest BCUT2D eigenvalue weighted by Crippen LogP contribution is -1.69. The maximum absolute atomic E-state index is 4.50. The first-order chi connectivity index (χ1) is 3.41. The van der Waals surface area contributed by atoms with Gasteiger partial charge in [0.15, 0.2) is 0 Å². The SMILES string of the molecule is C=C.C=CC.CN. The fraction of sp³-hybridized carbons (Fsp3) is 0.333. The molecule has 7 heavy (non-hydrogen) atoms. The van der Waals surface area contributed by atoms with Crippen LogP contribution in [-0.4, -0.2) is 7.05 Å². The van der Waals surface area contributed by atoms with Gasteiger partial charge < -0.3 is 5.73 Å². The van der Waals surface area contributed by atoms with E-state index >= 15 is 0 Å². The smallest absolute Gasteiger partial charge is 0.0195 e. The van der Waals surface area contributed by atoms with E-state index in [4.69, 9.17) is 0 Å². The van der Waals surface area contributed by atoms with E-state index in [1.165, 1.54) is 7.05 Å². The van der Waals surface area contributed by atoms with Crippen LogP contribution in [0.4, 0.5) is 0 Å². The van der Waals surface area contributed by atoms with Crippen molar-refractivity contribution in [2.75, 3.05) is 7.05 Å². The zero-order chi connectivity index (χ0) is 6.71. The Bertz CT molecular complexity index is 18.1. The molecule has 0 heterocycles. The lowest BCUT2D eigenvalue weighted by molar-refractivity contribution is 1.48. The largest absolute Gasteiger partial charge is 0.333 e. The molecule has 0 aliphatic heterocycles. The molecule has 0 spiro atoms. The molecule has 0 aromatic carbocycles. The van der Waals surface area contributed by atoms with Crippen molar-refractivity contribution in [2.24, 2.45) is 5.73 Å². The predicted octanol–water partition coefficient (Wildman–Crippen LogP) is 1.57. The summed E-state index contributed by atoms with van der Waals surface area (Å²) >= 11 is 0. The molecular formula is C6H15N. The van der Waals surface area contributed by atoms with Crippen LogP contribution in [0.5, 0.6) is 0 Å². The standard InChI is InChI=1S/C3H6.C2H4.CH5N/c1-3-2;2*1-2/h3H,1H2,2H3;1-2H2;2H2,1H3. The van der Waals surface area contributed by atoms with E-state index in [1.807, 2.05) is 6.92 Å². The number of allylic oxidation sites excluding steroid dienone is 1. The quantitative estimate of drug-likeness (QED) is 0.460. The van der Waals surface area contributed by atoms with Crippen LogP contribution in [0.15, 0.2) is 25.8 Å². The highest BCUT2D eigenvalue weighted by Crippen LogP contribution is 1.38. The van der Waals surface area contributed by atoms with Crippen molar-refractivity contribution in [1.29, 1.82) is 0 Å². The topological polar surface area (TPSA) is 26.0 Å². The van der Waals surface area contributed by atoms with Gasteiger partial charge in [-0.1, -0.05) is 6.08 Å². The third-order valence-electron chi connectivity index (χ3n) is 0. The number of hydrogen-bond acceptors (Lipinski definition) is 1. The van der Waals surface area contributed by atoms with Gasteiger partial charge in [0.2, 0.25) is 0 Å². The Hall–Kier alpha value is -0.560. The fourth-order valence-electron chi connectivity index (χ4n) is 0. The molecule has 0 radical (unpaired) electrons. The van der Waals surface area contributed by atoms with E-state index in [9.17, 15) is 0 Å². The van der Waals surface area contributed by atoms with Gasteiger partial charge >= 0.3 is 0 Å². The first-order valence-corrected chi connectivity index (χ1v) is 2.06. The zero-order valence-corrected chi connectivity index (χ0v) is 5.28. The second-order valence-corrected chi connectivity index (χ2v) is 0.408. The van der Waals surface area contributed by atoms with E-state index in [2.05, 4.69) is 25.5 Å². The summed E-state index contributed by atoms with van der Waals surface area (Å²) < 4.78 is 0. The normalized spacial score (nSPS) is 3.29. The third kappa shape index (κ3) is 205. The summed E-state index contributed by atoms with van der Waals surface area (Å²) in [6, 6.07) is 0. The second kappa shape index (κ2) is 554. The molecule has 1 nitrogen and oxygen atoms in total. The summed E-state index contributed by atoms with van der Waals surface area (Å²) in [6.07, 6.45) is 1.75. The Morgan fingerprint density at radius 3 is 1.29 bits per heavy atom. The van der Waals surface area contributed by atoms with Gasteiger partial charge in [-0.15, -0.1) is 19.7 Å². The van der Waals surface area contributed by atoms with Crippen LogP contribution in [-0.2, 0) is 0 Å². The molecule has 0 aliphatic rings. The Morgan fingerprint density at radius 1 is 1.29 bits per heavy atom. The van der Waals surface area contributed by atoms with Crippen LogP contribution in [0.1, 0.15) is 6.92 Å². The van der Waals surface area contributed by atoms with Crippen molar-refractivity contribution in [2.45, 2.75) is 6.92 Å². The van der Waals surface area contributed by atoms with Crippen LogP contribution in [0.3, 0.4) is 0 Å². The van der Waals surface area contributed by atoms with E-state index in [-0.39, 0.29) is 0 Å². The lowest BCUT2D eigenvalue weighted by Gasteiger charge is -1.31. The van der Waals surface area contributed by atoms with Gasteiger partial charge in [0.1, 0.15) is 0 Å². The molecule has 2 N–H and O–H groups in total. The first kappa shape index (κ1) is 16.1. The number of hydrogen-bond donors (Lipinski definition) is 1. The maximum Gasteiger partial charge on any atom is -0.0195 e. The predicted molar refractivity (Wildman–Crippen MR) is 37.2 cm³/mol. The van der Waals surface area contributed by atoms with Gasteiger partial charge in [-0.2, -0.15) is 0 Å². The molecular weight excluding hydrogens is 86.1 g/mol. The van der Waals surface area contributed by atoms with E-state index in [0.29, 0.717) is 0 Å². The van der Waals surface area contributed by atoms with Crippen molar-refractivity contribution in [3.63, 3.8) is 0 Å². The summed E-state index contributed by atoms with van der Waals surface area (Å²) in [6.45, 7) is 11.2. The Morgan fingerprint density at radius 2 is 1.29 bits per heavy atom. The molecule has 0 amide bonds. The molecule has 0 fully saturated rings. The maximum atomic E-state index is 4.50. The third-order valence-corrected chi connectivity index (χ3v) is 0. The highest BCUT2D eigenvalue weighted by molar-refractivity contribution is 4.51. The van der Waals surface area contributed by atoms with Gasteiger partial charge in [-0.3, -0.25) is 0 Å². The molecule has 0 aliphatic carbocycles. The zero-order valence-electron chi connectivity index (χ0n) is 5.28. The highest BCUT2D eigenvalue weighted by atomic mass is 14.4. The van der Waals surface area contributed by atoms with Crippen molar-refractivity contribution < 1.29 is 0 Å². The van der Waals surface area contributed by atoms with Gasteiger partial charge in [0.05, 0.1) is 0 Å². The number of nitrogens with two attached hydrogens (primary N) is 1. The van der Waals surface area contributed by atoms with Crippen LogP contribution < -0.4 is 5.73 Å². The minimum atomic E-state index is 1.50. The molecule has 0 unspecified atom stereocenters. The van der Waals surface area contributed by atoms with Crippen molar-refractivity contribution >= 4 is 0 Å². The average molecular weight is 101 g/mol. The fourth-order valence-corrected chi connectivity index (χ4v) is 0. The Balaban J connectivity index is -0.0000000360. The monoisotopic (exact) mass is 101 g/mol. The summed E-state index contributed by atoms with van der Waals surface area (Å²) in [7, 11) is 1.50. The van der Waals surface area contributed by atoms with E-state index in [1.54, 1.807) is 6.08 Å². The molecule has 0 atom stereocenters. The molecule has 0 aromatic heterocycles. The highest BCUT2D eigenvalue weighted by Gasteiger charge is 1.15. The lowest BCUT2D eigenvalue weighted by atomic mass is 10.8. The summed E-state index contributed by atoms with van der Waals surface area (Å²) in [5.41, 5.74) is 4.50. The van der Waals surface area contributed by atoms with Crippen LogP contribution >= 0.6 is 0 Å². The first-order valence-electron chi connectivity index (χ1n) is 2.06. The van der Waals surface area contributed by atoms with Crippen LogP contribution in [0.2, 0.25) is 0 Å². The molecule has 0 saturated heterocycles. The second-order valence-electron chi connectivity index (χ2n) is 0.408. The molecule has 0 bridgehead atoms. The Kier molecular flexibility index (Phi) is 1270. The minimum Gasteiger partial charge on any atom is -0.333 e. The number of rotatable bonds is 0. The van der Waals surface area contributed by atoms with Crippen molar-refractivity contribution in [3.05, 3.63) is 25.8 Å².